The highest BCUT2D eigenvalue weighted by Gasteiger charge is 2.19. The van der Waals surface area contributed by atoms with Crippen LogP contribution in [0.4, 0.5) is 0 Å². The average molecular weight is 225 g/mol. The minimum Gasteiger partial charge on any atom is -0.352 e. The quantitative estimate of drug-likeness (QED) is 0.641. The van der Waals surface area contributed by atoms with Crippen LogP contribution in [0.15, 0.2) is 12.7 Å². The van der Waals surface area contributed by atoms with Crippen LogP contribution in [0.5, 0.6) is 0 Å². The Hall–Kier alpha value is -0.870. The van der Waals surface area contributed by atoms with E-state index in [-0.39, 0.29) is 5.91 Å². The lowest BCUT2D eigenvalue weighted by molar-refractivity contribution is -0.122. The molecule has 0 saturated carbocycles. The van der Waals surface area contributed by atoms with Gasteiger partial charge in [-0.2, -0.15) is 0 Å². The number of nitrogens with two attached hydrogens (primary N) is 1. The summed E-state index contributed by atoms with van der Waals surface area (Å²) in [5.41, 5.74) is 5.54. The van der Waals surface area contributed by atoms with Crippen molar-refractivity contribution < 1.29 is 4.79 Å². The van der Waals surface area contributed by atoms with Crippen LogP contribution in [0, 0.1) is 5.92 Å². The molecule has 1 aliphatic rings. The number of hydrogen-bond donors (Lipinski definition) is 2. The first-order valence-electron chi connectivity index (χ1n) is 6.06. The van der Waals surface area contributed by atoms with Crippen molar-refractivity contribution in [3.05, 3.63) is 12.7 Å². The molecule has 0 unspecified atom stereocenters. The fourth-order valence-electron chi connectivity index (χ4n) is 2.11. The maximum atomic E-state index is 11.5. The Morgan fingerprint density at radius 1 is 1.50 bits per heavy atom. The van der Waals surface area contributed by atoms with Crippen LogP contribution in [0.3, 0.4) is 0 Å². The van der Waals surface area contributed by atoms with Crippen LogP contribution in [0.1, 0.15) is 19.3 Å². The molecule has 4 heteroatoms. The van der Waals surface area contributed by atoms with E-state index in [1.807, 2.05) is 0 Å². The SMILES string of the molecule is C=CCNC(=O)CN1CCC(CCN)CC1. The van der Waals surface area contributed by atoms with Gasteiger partial charge in [0.05, 0.1) is 6.54 Å². The zero-order valence-electron chi connectivity index (χ0n) is 9.95. The lowest BCUT2D eigenvalue weighted by Gasteiger charge is -2.31. The number of piperidine rings is 1. The number of rotatable bonds is 6. The highest BCUT2D eigenvalue weighted by Crippen LogP contribution is 2.19. The number of hydrogen-bond acceptors (Lipinski definition) is 3. The number of nitrogens with one attached hydrogen (secondary N) is 1. The van der Waals surface area contributed by atoms with E-state index in [4.69, 9.17) is 5.73 Å². The van der Waals surface area contributed by atoms with Gasteiger partial charge in [-0.05, 0) is 44.8 Å². The van der Waals surface area contributed by atoms with Crippen molar-refractivity contribution in [2.45, 2.75) is 19.3 Å². The Labute approximate surface area is 97.9 Å². The molecule has 3 N–H and O–H groups in total. The highest BCUT2D eigenvalue weighted by atomic mass is 16.2. The first-order chi connectivity index (χ1) is 7.76. The molecule has 1 saturated heterocycles. The fourth-order valence-corrected chi connectivity index (χ4v) is 2.11. The Kier molecular flexibility index (Phi) is 6.11. The minimum absolute atomic E-state index is 0.0946. The van der Waals surface area contributed by atoms with E-state index in [1.165, 1.54) is 12.8 Å². The van der Waals surface area contributed by atoms with Crippen LogP contribution in [-0.2, 0) is 4.79 Å². The molecule has 0 aliphatic carbocycles. The van der Waals surface area contributed by atoms with Gasteiger partial charge in [-0.3, -0.25) is 9.69 Å². The first-order valence-corrected chi connectivity index (χ1v) is 6.06. The van der Waals surface area contributed by atoms with E-state index in [1.54, 1.807) is 6.08 Å². The third-order valence-corrected chi connectivity index (χ3v) is 3.09. The van der Waals surface area contributed by atoms with Gasteiger partial charge in [0.15, 0.2) is 0 Å². The van der Waals surface area contributed by atoms with Crippen LogP contribution in [0.2, 0.25) is 0 Å². The van der Waals surface area contributed by atoms with Crippen LogP contribution in [-0.4, -0.2) is 43.5 Å². The second kappa shape index (κ2) is 7.41. The minimum atomic E-state index is 0.0946. The normalized spacial score (nSPS) is 18.3. The van der Waals surface area contributed by atoms with E-state index < -0.39 is 0 Å². The smallest absolute Gasteiger partial charge is 0.234 e. The molecule has 0 radical (unpaired) electrons. The summed E-state index contributed by atoms with van der Waals surface area (Å²) in [5.74, 6) is 0.856. The van der Waals surface area contributed by atoms with Crippen molar-refractivity contribution in [1.29, 1.82) is 0 Å². The summed E-state index contributed by atoms with van der Waals surface area (Å²) in [6, 6.07) is 0. The molecule has 0 spiro atoms. The maximum Gasteiger partial charge on any atom is 0.234 e. The molecule has 1 rings (SSSR count). The first kappa shape index (κ1) is 13.2. The molecular formula is C12H23N3O. The van der Waals surface area contributed by atoms with Crippen molar-refractivity contribution in [2.75, 3.05) is 32.7 Å². The molecule has 1 heterocycles. The van der Waals surface area contributed by atoms with Gasteiger partial charge in [0.1, 0.15) is 0 Å². The summed E-state index contributed by atoms with van der Waals surface area (Å²) in [5, 5.41) is 2.80. The summed E-state index contributed by atoms with van der Waals surface area (Å²) in [7, 11) is 0. The summed E-state index contributed by atoms with van der Waals surface area (Å²) in [4.78, 5) is 13.7. The molecule has 1 amide bonds. The number of carbonyl (C=O) groups excluding carboxylic acids is 1. The number of likely N-dealkylation sites (tertiary alicyclic amines) is 1. The average Bonchev–Trinajstić information content (AvgIpc) is 2.29. The second-order valence-corrected chi connectivity index (χ2v) is 4.39. The largest absolute Gasteiger partial charge is 0.352 e. The molecule has 16 heavy (non-hydrogen) atoms. The van der Waals surface area contributed by atoms with Crippen molar-refractivity contribution in [1.82, 2.24) is 10.2 Å². The standard InChI is InChI=1S/C12H23N3O/c1-2-7-14-12(16)10-15-8-4-11(3-6-13)5-9-15/h2,11H,1,3-10,13H2,(H,14,16). The Morgan fingerprint density at radius 2 is 2.19 bits per heavy atom. The summed E-state index contributed by atoms with van der Waals surface area (Å²) in [6.45, 7) is 7.47. The lowest BCUT2D eigenvalue weighted by Crippen LogP contribution is -2.41. The van der Waals surface area contributed by atoms with Gasteiger partial charge in [0, 0.05) is 6.54 Å². The van der Waals surface area contributed by atoms with Gasteiger partial charge in [0.2, 0.25) is 5.91 Å². The Morgan fingerprint density at radius 3 is 2.75 bits per heavy atom. The van der Waals surface area contributed by atoms with Crippen molar-refractivity contribution in [3.63, 3.8) is 0 Å². The van der Waals surface area contributed by atoms with E-state index in [0.29, 0.717) is 13.1 Å². The maximum absolute atomic E-state index is 11.5. The molecule has 92 valence electrons. The van der Waals surface area contributed by atoms with Gasteiger partial charge < -0.3 is 11.1 Å². The molecule has 1 fully saturated rings. The van der Waals surface area contributed by atoms with Gasteiger partial charge in [-0.1, -0.05) is 6.08 Å². The molecular weight excluding hydrogens is 202 g/mol. The van der Waals surface area contributed by atoms with Crippen LogP contribution in [0.25, 0.3) is 0 Å². The molecule has 0 atom stereocenters. The van der Waals surface area contributed by atoms with Gasteiger partial charge in [0.25, 0.3) is 0 Å². The van der Waals surface area contributed by atoms with E-state index in [9.17, 15) is 4.79 Å². The number of amides is 1. The molecule has 4 nitrogen and oxygen atoms in total. The Balaban J connectivity index is 2.16. The van der Waals surface area contributed by atoms with E-state index >= 15 is 0 Å². The topological polar surface area (TPSA) is 58.4 Å². The zero-order valence-corrected chi connectivity index (χ0v) is 9.95. The number of nitrogens with zero attached hydrogens (tertiary/aromatic N) is 1. The monoisotopic (exact) mass is 225 g/mol. The van der Waals surface area contributed by atoms with Crippen molar-refractivity contribution >= 4 is 5.91 Å². The molecule has 0 aromatic carbocycles. The third kappa shape index (κ3) is 4.77. The summed E-state index contributed by atoms with van der Waals surface area (Å²) in [6.07, 6.45) is 5.17. The summed E-state index contributed by atoms with van der Waals surface area (Å²) < 4.78 is 0. The lowest BCUT2D eigenvalue weighted by atomic mass is 9.94. The molecule has 1 aliphatic heterocycles. The van der Waals surface area contributed by atoms with Crippen molar-refractivity contribution in [3.8, 4) is 0 Å². The van der Waals surface area contributed by atoms with E-state index in [2.05, 4.69) is 16.8 Å². The molecule has 0 aromatic rings. The third-order valence-electron chi connectivity index (χ3n) is 3.09. The van der Waals surface area contributed by atoms with Crippen LogP contribution >= 0.6 is 0 Å². The summed E-state index contributed by atoms with van der Waals surface area (Å²) >= 11 is 0. The predicted molar refractivity (Wildman–Crippen MR) is 66.0 cm³/mol. The van der Waals surface area contributed by atoms with Gasteiger partial charge in [-0.25, -0.2) is 0 Å². The Bertz CT molecular complexity index is 222. The van der Waals surface area contributed by atoms with Crippen LogP contribution < -0.4 is 11.1 Å². The highest BCUT2D eigenvalue weighted by molar-refractivity contribution is 5.78. The zero-order chi connectivity index (χ0) is 11.8. The van der Waals surface area contributed by atoms with Gasteiger partial charge in [-0.15, -0.1) is 6.58 Å². The second-order valence-electron chi connectivity index (χ2n) is 4.39. The van der Waals surface area contributed by atoms with Crippen molar-refractivity contribution in [2.24, 2.45) is 11.7 Å². The fraction of sp³-hybridized carbons (Fsp3) is 0.750. The predicted octanol–water partition coefficient (Wildman–Crippen LogP) is 0.349. The molecule has 0 bridgehead atoms. The van der Waals surface area contributed by atoms with E-state index in [0.717, 1.165) is 32.0 Å². The molecule has 0 aromatic heterocycles. The van der Waals surface area contributed by atoms with Gasteiger partial charge >= 0.3 is 0 Å². The number of carbonyl (C=O) groups is 1.